The molecule has 1 saturated heterocycles. The monoisotopic (exact) mass is 286 g/mol. The van der Waals surface area contributed by atoms with Gasteiger partial charge in [0.25, 0.3) is 5.91 Å². The molecule has 1 atom stereocenters. The molecule has 21 heavy (non-hydrogen) atoms. The molecule has 0 bridgehead atoms. The summed E-state index contributed by atoms with van der Waals surface area (Å²) in [7, 11) is 2.11. The first kappa shape index (κ1) is 15.5. The van der Waals surface area contributed by atoms with Crippen LogP contribution in [0.25, 0.3) is 0 Å². The molecule has 1 unspecified atom stereocenters. The van der Waals surface area contributed by atoms with Gasteiger partial charge in [-0.05, 0) is 25.6 Å². The fourth-order valence-corrected chi connectivity index (χ4v) is 2.48. The van der Waals surface area contributed by atoms with Gasteiger partial charge in [-0.25, -0.2) is 4.98 Å². The van der Waals surface area contributed by atoms with Crippen LogP contribution in [0.15, 0.2) is 18.3 Å². The van der Waals surface area contributed by atoms with Crippen LogP contribution < -0.4 is 5.73 Å². The third-order valence-electron chi connectivity index (χ3n) is 3.85. The molecule has 1 amide bonds. The Morgan fingerprint density at radius 3 is 2.90 bits per heavy atom. The van der Waals surface area contributed by atoms with Gasteiger partial charge in [-0.3, -0.25) is 9.69 Å². The lowest BCUT2D eigenvalue weighted by molar-refractivity contribution is 0.0536. The lowest BCUT2D eigenvalue weighted by atomic mass is 10.1. The largest absolute Gasteiger partial charge is 0.334 e. The quantitative estimate of drug-likeness (QED) is 0.807. The van der Waals surface area contributed by atoms with Crippen LogP contribution in [0.2, 0.25) is 0 Å². The lowest BCUT2D eigenvalue weighted by Gasteiger charge is -2.38. The normalized spacial score (nSPS) is 19.0. The third-order valence-corrected chi connectivity index (χ3v) is 3.85. The zero-order valence-corrected chi connectivity index (χ0v) is 12.7. The van der Waals surface area contributed by atoms with Gasteiger partial charge in [0.1, 0.15) is 5.69 Å². The summed E-state index contributed by atoms with van der Waals surface area (Å²) in [5.41, 5.74) is 6.59. The number of carbonyl (C=O) groups is 1. The van der Waals surface area contributed by atoms with E-state index in [2.05, 4.69) is 35.7 Å². The second kappa shape index (κ2) is 7.21. The van der Waals surface area contributed by atoms with Gasteiger partial charge in [0.05, 0.1) is 6.54 Å². The van der Waals surface area contributed by atoms with E-state index in [4.69, 9.17) is 5.73 Å². The molecular weight excluding hydrogens is 264 g/mol. The van der Waals surface area contributed by atoms with E-state index in [1.165, 1.54) is 0 Å². The molecule has 0 radical (unpaired) electrons. The summed E-state index contributed by atoms with van der Waals surface area (Å²) in [6.07, 6.45) is 2.67. The molecular formula is C16H22N4O. The number of amides is 1. The fourth-order valence-electron chi connectivity index (χ4n) is 2.48. The standard InChI is InChI=1S/C16H22N4O/c1-3-14-12-20(10-9-19(14)2)16(21)15-7-6-13(11-18-15)5-4-8-17/h6-7,11,14H,3,8-10,12,17H2,1-2H3. The molecule has 1 aliphatic heterocycles. The summed E-state index contributed by atoms with van der Waals surface area (Å²) in [5.74, 6) is 5.67. The summed E-state index contributed by atoms with van der Waals surface area (Å²) in [4.78, 5) is 20.9. The lowest BCUT2D eigenvalue weighted by Crippen LogP contribution is -2.53. The second-order valence-corrected chi connectivity index (χ2v) is 5.23. The van der Waals surface area contributed by atoms with E-state index in [1.54, 1.807) is 12.3 Å². The molecule has 5 heteroatoms. The molecule has 5 nitrogen and oxygen atoms in total. The summed E-state index contributed by atoms with van der Waals surface area (Å²) >= 11 is 0. The highest BCUT2D eigenvalue weighted by atomic mass is 16.2. The van der Waals surface area contributed by atoms with Crippen molar-refractivity contribution in [2.45, 2.75) is 19.4 Å². The van der Waals surface area contributed by atoms with Gasteiger partial charge in [-0.15, -0.1) is 0 Å². The van der Waals surface area contributed by atoms with Crippen molar-refractivity contribution in [2.24, 2.45) is 5.73 Å². The average molecular weight is 286 g/mol. The highest BCUT2D eigenvalue weighted by molar-refractivity contribution is 5.92. The van der Waals surface area contributed by atoms with Crippen LogP contribution in [0, 0.1) is 11.8 Å². The predicted octanol–water partition coefficient (Wildman–Crippen LogP) is 0.558. The molecule has 2 N–H and O–H groups in total. The summed E-state index contributed by atoms with van der Waals surface area (Å²) in [6.45, 7) is 4.90. The highest BCUT2D eigenvalue weighted by Gasteiger charge is 2.27. The number of hydrogen-bond acceptors (Lipinski definition) is 4. The van der Waals surface area contributed by atoms with Crippen LogP contribution in [0.5, 0.6) is 0 Å². The Morgan fingerprint density at radius 1 is 1.48 bits per heavy atom. The van der Waals surface area contributed by atoms with Crippen LogP contribution in [0.1, 0.15) is 29.4 Å². The van der Waals surface area contributed by atoms with E-state index >= 15 is 0 Å². The van der Waals surface area contributed by atoms with E-state index < -0.39 is 0 Å². The van der Waals surface area contributed by atoms with E-state index in [0.717, 1.165) is 31.6 Å². The number of piperazine rings is 1. The van der Waals surface area contributed by atoms with Gasteiger partial charge >= 0.3 is 0 Å². The average Bonchev–Trinajstić information content (AvgIpc) is 2.53. The minimum absolute atomic E-state index is 0.000107. The van der Waals surface area contributed by atoms with Crippen molar-refractivity contribution in [1.82, 2.24) is 14.8 Å². The van der Waals surface area contributed by atoms with Gasteiger partial charge < -0.3 is 10.6 Å². The first-order valence-corrected chi connectivity index (χ1v) is 7.30. The van der Waals surface area contributed by atoms with Crippen LogP contribution >= 0.6 is 0 Å². The van der Waals surface area contributed by atoms with Crippen molar-refractivity contribution >= 4 is 5.91 Å². The van der Waals surface area contributed by atoms with Gasteiger partial charge in [0.2, 0.25) is 0 Å². The number of pyridine rings is 1. The predicted molar refractivity (Wildman–Crippen MR) is 82.8 cm³/mol. The Kier molecular flexibility index (Phi) is 5.32. The highest BCUT2D eigenvalue weighted by Crippen LogP contribution is 2.13. The Hall–Kier alpha value is -1.90. The molecule has 0 aliphatic carbocycles. The molecule has 2 rings (SSSR count). The molecule has 1 aliphatic rings. The molecule has 1 aromatic heterocycles. The van der Waals surface area contributed by atoms with E-state index in [9.17, 15) is 4.79 Å². The molecule has 112 valence electrons. The first-order chi connectivity index (χ1) is 10.2. The first-order valence-electron chi connectivity index (χ1n) is 7.30. The Bertz CT molecular complexity index is 544. The second-order valence-electron chi connectivity index (χ2n) is 5.23. The summed E-state index contributed by atoms with van der Waals surface area (Å²) < 4.78 is 0. The van der Waals surface area contributed by atoms with Crippen molar-refractivity contribution in [2.75, 3.05) is 33.2 Å². The van der Waals surface area contributed by atoms with Gasteiger partial charge in [0.15, 0.2) is 0 Å². The molecule has 0 spiro atoms. The Balaban J connectivity index is 2.06. The smallest absolute Gasteiger partial charge is 0.272 e. The van der Waals surface area contributed by atoms with Crippen LogP contribution in [0.4, 0.5) is 0 Å². The molecule has 0 saturated carbocycles. The minimum Gasteiger partial charge on any atom is -0.334 e. The Morgan fingerprint density at radius 2 is 2.29 bits per heavy atom. The molecule has 1 fully saturated rings. The van der Waals surface area contributed by atoms with Crippen molar-refractivity contribution in [3.8, 4) is 11.8 Å². The Labute approximate surface area is 126 Å². The van der Waals surface area contributed by atoms with Gasteiger partial charge in [0, 0.05) is 37.4 Å². The number of rotatable bonds is 2. The number of carbonyl (C=O) groups excluding carboxylic acids is 1. The summed E-state index contributed by atoms with van der Waals surface area (Å²) in [5, 5.41) is 0. The fraction of sp³-hybridized carbons (Fsp3) is 0.500. The third kappa shape index (κ3) is 3.81. The number of nitrogens with two attached hydrogens (primary N) is 1. The SMILES string of the molecule is CCC1CN(C(=O)c2ccc(C#CCN)cn2)CCN1C. The number of aromatic nitrogens is 1. The van der Waals surface area contributed by atoms with Gasteiger partial charge in [-0.1, -0.05) is 18.8 Å². The molecule has 2 heterocycles. The van der Waals surface area contributed by atoms with E-state index in [0.29, 0.717) is 18.3 Å². The zero-order valence-electron chi connectivity index (χ0n) is 12.7. The van der Waals surface area contributed by atoms with Crippen molar-refractivity contribution < 1.29 is 4.79 Å². The van der Waals surface area contributed by atoms with Crippen LogP contribution in [-0.4, -0.2) is 60.0 Å². The van der Waals surface area contributed by atoms with E-state index in [-0.39, 0.29) is 5.91 Å². The maximum Gasteiger partial charge on any atom is 0.272 e. The van der Waals surface area contributed by atoms with Crippen LogP contribution in [0.3, 0.4) is 0 Å². The summed E-state index contributed by atoms with van der Waals surface area (Å²) in [6, 6.07) is 3.98. The van der Waals surface area contributed by atoms with Crippen molar-refractivity contribution in [3.63, 3.8) is 0 Å². The number of hydrogen-bond donors (Lipinski definition) is 1. The number of nitrogens with zero attached hydrogens (tertiary/aromatic N) is 3. The maximum absolute atomic E-state index is 12.5. The molecule has 0 aromatic carbocycles. The van der Waals surface area contributed by atoms with Crippen molar-refractivity contribution in [1.29, 1.82) is 0 Å². The van der Waals surface area contributed by atoms with Crippen LogP contribution in [-0.2, 0) is 0 Å². The van der Waals surface area contributed by atoms with E-state index in [1.807, 2.05) is 11.0 Å². The maximum atomic E-state index is 12.5. The van der Waals surface area contributed by atoms with Crippen molar-refractivity contribution in [3.05, 3.63) is 29.6 Å². The topological polar surface area (TPSA) is 62.5 Å². The zero-order chi connectivity index (χ0) is 15.2. The minimum atomic E-state index is -0.000107. The number of likely N-dealkylation sites (N-methyl/N-ethyl adjacent to an activating group) is 1. The molecule has 1 aromatic rings. The van der Waals surface area contributed by atoms with Gasteiger partial charge in [-0.2, -0.15) is 0 Å².